The summed E-state index contributed by atoms with van der Waals surface area (Å²) in [5.41, 5.74) is 0.760. The van der Waals surface area contributed by atoms with Crippen molar-refractivity contribution in [3.8, 4) is 0 Å². The Balaban J connectivity index is 2.17. The fourth-order valence-electron chi connectivity index (χ4n) is 2.24. The van der Waals surface area contributed by atoms with Gasteiger partial charge in [0.2, 0.25) is 0 Å². The molecule has 19 heavy (non-hydrogen) atoms. The summed E-state index contributed by atoms with van der Waals surface area (Å²) in [5, 5.41) is 0. The molecular formula is C15H18O4. The second-order valence-corrected chi connectivity index (χ2v) is 5.29. The average molecular weight is 262 g/mol. The molecular weight excluding hydrogens is 244 g/mol. The Morgan fingerprint density at radius 2 is 2.05 bits per heavy atom. The van der Waals surface area contributed by atoms with E-state index in [4.69, 9.17) is 9.47 Å². The van der Waals surface area contributed by atoms with Crippen LogP contribution in [-0.4, -0.2) is 18.5 Å². The van der Waals surface area contributed by atoms with Gasteiger partial charge in [0, 0.05) is 12.0 Å². The van der Waals surface area contributed by atoms with E-state index in [-0.39, 0.29) is 18.0 Å². The molecule has 1 aliphatic rings. The van der Waals surface area contributed by atoms with E-state index in [0.29, 0.717) is 18.6 Å². The zero-order chi connectivity index (χ0) is 14.0. The number of ether oxygens (including phenoxy) is 2. The first-order chi connectivity index (χ1) is 8.95. The van der Waals surface area contributed by atoms with Gasteiger partial charge in [-0.15, -0.1) is 0 Å². The number of rotatable bonds is 4. The highest BCUT2D eigenvalue weighted by molar-refractivity contribution is 5.94. The summed E-state index contributed by atoms with van der Waals surface area (Å²) in [6.45, 7) is 5.74. The SMILES string of the molecule is CCOC(=O)C(C)(C)CC1OC(=O)c2ccccc21. The Bertz CT molecular complexity index is 505. The highest BCUT2D eigenvalue weighted by Crippen LogP contribution is 2.39. The van der Waals surface area contributed by atoms with Crippen molar-refractivity contribution >= 4 is 11.9 Å². The predicted octanol–water partition coefficient (Wildman–Crippen LogP) is 2.88. The maximum atomic E-state index is 11.9. The molecule has 1 aromatic carbocycles. The fraction of sp³-hybridized carbons (Fsp3) is 0.467. The van der Waals surface area contributed by atoms with Crippen LogP contribution in [-0.2, 0) is 14.3 Å². The molecule has 0 bridgehead atoms. The largest absolute Gasteiger partial charge is 0.466 e. The lowest BCUT2D eigenvalue weighted by Crippen LogP contribution is -2.28. The second-order valence-electron chi connectivity index (χ2n) is 5.29. The van der Waals surface area contributed by atoms with Crippen molar-refractivity contribution in [2.24, 2.45) is 5.41 Å². The normalized spacial score (nSPS) is 17.8. The molecule has 0 aromatic heterocycles. The van der Waals surface area contributed by atoms with Crippen LogP contribution in [0.3, 0.4) is 0 Å². The van der Waals surface area contributed by atoms with Crippen molar-refractivity contribution in [2.75, 3.05) is 6.61 Å². The minimum atomic E-state index is -0.682. The van der Waals surface area contributed by atoms with Crippen molar-refractivity contribution in [3.63, 3.8) is 0 Å². The molecule has 1 unspecified atom stereocenters. The Morgan fingerprint density at radius 3 is 2.74 bits per heavy atom. The molecule has 4 heteroatoms. The van der Waals surface area contributed by atoms with Crippen LogP contribution in [0.15, 0.2) is 24.3 Å². The summed E-state index contributed by atoms with van der Waals surface area (Å²) in [6, 6.07) is 7.28. The molecule has 1 atom stereocenters. The Morgan fingerprint density at radius 1 is 1.37 bits per heavy atom. The molecule has 2 rings (SSSR count). The van der Waals surface area contributed by atoms with Gasteiger partial charge < -0.3 is 9.47 Å². The van der Waals surface area contributed by atoms with Gasteiger partial charge in [0.1, 0.15) is 6.10 Å². The van der Waals surface area contributed by atoms with Crippen LogP contribution in [0.2, 0.25) is 0 Å². The monoisotopic (exact) mass is 262 g/mol. The van der Waals surface area contributed by atoms with Gasteiger partial charge >= 0.3 is 11.9 Å². The molecule has 0 fully saturated rings. The lowest BCUT2D eigenvalue weighted by molar-refractivity contribution is -0.155. The minimum Gasteiger partial charge on any atom is -0.466 e. The summed E-state index contributed by atoms with van der Waals surface area (Å²) in [7, 11) is 0. The van der Waals surface area contributed by atoms with Gasteiger partial charge in [0.05, 0.1) is 17.6 Å². The lowest BCUT2D eigenvalue weighted by Gasteiger charge is -2.25. The number of esters is 2. The number of benzene rings is 1. The van der Waals surface area contributed by atoms with E-state index in [1.54, 1.807) is 32.9 Å². The van der Waals surface area contributed by atoms with E-state index in [9.17, 15) is 9.59 Å². The van der Waals surface area contributed by atoms with Crippen LogP contribution in [0.1, 0.15) is 49.2 Å². The van der Waals surface area contributed by atoms with Crippen LogP contribution in [0.5, 0.6) is 0 Å². The topological polar surface area (TPSA) is 52.6 Å². The molecule has 0 radical (unpaired) electrons. The van der Waals surface area contributed by atoms with Gasteiger partial charge in [0.15, 0.2) is 0 Å². The maximum Gasteiger partial charge on any atom is 0.339 e. The number of hydrogen-bond donors (Lipinski definition) is 0. The van der Waals surface area contributed by atoms with Crippen molar-refractivity contribution in [1.82, 2.24) is 0 Å². The third-order valence-corrected chi connectivity index (χ3v) is 3.30. The van der Waals surface area contributed by atoms with Crippen LogP contribution in [0.4, 0.5) is 0 Å². The molecule has 102 valence electrons. The summed E-state index contributed by atoms with van der Waals surface area (Å²) < 4.78 is 10.4. The molecule has 0 saturated carbocycles. The van der Waals surface area contributed by atoms with Crippen molar-refractivity contribution < 1.29 is 19.1 Å². The molecule has 1 aliphatic heterocycles. The van der Waals surface area contributed by atoms with Gasteiger partial charge in [-0.3, -0.25) is 4.79 Å². The molecule has 1 aromatic rings. The van der Waals surface area contributed by atoms with Crippen LogP contribution >= 0.6 is 0 Å². The van der Waals surface area contributed by atoms with Crippen molar-refractivity contribution in [1.29, 1.82) is 0 Å². The standard InChI is InChI=1S/C15H18O4/c1-4-18-14(17)15(2,3)9-12-10-7-5-6-8-11(10)13(16)19-12/h5-8,12H,4,9H2,1-3H3. The van der Waals surface area contributed by atoms with E-state index >= 15 is 0 Å². The number of cyclic esters (lactones) is 1. The van der Waals surface area contributed by atoms with E-state index in [1.165, 1.54) is 0 Å². The number of carbonyl (C=O) groups excluding carboxylic acids is 2. The average Bonchev–Trinajstić information content (AvgIpc) is 2.67. The molecule has 4 nitrogen and oxygen atoms in total. The summed E-state index contributed by atoms with van der Waals surface area (Å²) in [4.78, 5) is 23.6. The fourth-order valence-corrected chi connectivity index (χ4v) is 2.24. The molecule has 0 amide bonds. The number of fused-ring (bicyclic) bond motifs is 1. The lowest BCUT2D eigenvalue weighted by atomic mass is 9.84. The highest BCUT2D eigenvalue weighted by atomic mass is 16.6. The molecule has 1 heterocycles. The van der Waals surface area contributed by atoms with Crippen LogP contribution in [0.25, 0.3) is 0 Å². The Kier molecular flexibility index (Phi) is 3.60. The Labute approximate surface area is 112 Å². The van der Waals surface area contributed by atoms with Crippen LogP contribution in [0, 0.1) is 5.41 Å². The van der Waals surface area contributed by atoms with E-state index < -0.39 is 5.41 Å². The van der Waals surface area contributed by atoms with Crippen LogP contribution < -0.4 is 0 Å². The van der Waals surface area contributed by atoms with Crippen molar-refractivity contribution in [3.05, 3.63) is 35.4 Å². The number of hydrogen-bond acceptors (Lipinski definition) is 4. The zero-order valence-corrected chi connectivity index (χ0v) is 11.4. The summed E-state index contributed by atoms with van der Waals surface area (Å²) in [6.07, 6.45) is 0.0531. The minimum absolute atomic E-state index is 0.268. The third-order valence-electron chi connectivity index (χ3n) is 3.30. The van der Waals surface area contributed by atoms with Gasteiger partial charge in [-0.2, -0.15) is 0 Å². The summed E-state index contributed by atoms with van der Waals surface area (Å²) >= 11 is 0. The predicted molar refractivity (Wildman–Crippen MR) is 69.6 cm³/mol. The highest BCUT2D eigenvalue weighted by Gasteiger charge is 2.39. The smallest absolute Gasteiger partial charge is 0.339 e. The van der Waals surface area contributed by atoms with Gasteiger partial charge in [-0.25, -0.2) is 4.79 Å². The quantitative estimate of drug-likeness (QED) is 0.783. The first kappa shape index (κ1) is 13.6. The molecule has 0 saturated heterocycles. The second kappa shape index (κ2) is 5.03. The van der Waals surface area contributed by atoms with Gasteiger partial charge in [-0.05, 0) is 26.8 Å². The van der Waals surface area contributed by atoms with Crippen molar-refractivity contribution in [2.45, 2.75) is 33.3 Å². The first-order valence-corrected chi connectivity index (χ1v) is 6.43. The van der Waals surface area contributed by atoms with Gasteiger partial charge in [-0.1, -0.05) is 18.2 Å². The van der Waals surface area contributed by atoms with E-state index in [2.05, 4.69) is 0 Å². The summed E-state index contributed by atoms with van der Waals surface area (Å²) in [5.74, 6) is -0.587. The molecule has 0 spiro atoms. The first-order valence-electron chi connectivity index (χ1n) is 6.43. The molecule has 0 N–H and O–H groups in total. The van der Waals surface area contributed by atoms with Gasteiger partial charge in [0.25, 0.3) is 0 Å². The maximum absolute atomic E-state index is 11.9. The zero-order valence-electron chi connectivity index (χ0n) is 11.4. The van der Waals surface area contributed by atoms with E-state index in [0.717, 1.165) is 5.56 Å². The van der Waals surface area contributed by atoms with E-state index in [1.807, 2.05) is 12.1 Å². The molecule has 0 aliphatic carbocycles. The number of carbonyl (C=O) groups is 2. The Hall–Kier alpha value is -1.84. The third kappa shape index (κ3) is 2.62.